The van der Waals surface area contributed by atoms with Gasteiger partial charge in [0.25, 0.3) is 0 Å². The number of amidine groups is 1. The number of hydrogen-bond acceptors (Lipinski definition) is 3. The highest BCUT2D eigenvalue weighted by Crippen LogP contribution is 2.09. The van der Waals surface area contributed by atoms with Gasteiger partial charge in [0.1, 0.15) is 0 Å². The summed E-state index contributed by atoms with van der Waals surface area (Å²) < 4.78 is 0. The molecule has 11 heavy (non-hydrogen) atoms. The highest BCUT2D eigenvalue weighted by molar-refractivity contribution is 5.81. The molecule has 0 aromatic carbocycles. The molecular weight excluding hydrogens is 142 g/mol. The Bertz CT molecular complexity index is 137. The second-order valence-corrected chi connectivity index (χ2v) is 3.76. The molecule has 0 atom stereocenters. The van der Waals surface area contributed by atoms with Gasteiger partial charge in [0.05, 0.1) is 6.54 Å². The third-order valence-electron chi connectivity index (χ3n) is 1.09. The SMILES string of the molecule is CC(C)(C)CNCC(N)=NO. The Morgan fingerprint density at radius 1 is 1.55 bits per heavy atom. The molecule has 0 unspecified atom stereocenters. The van der Waals surface area contributed by atoms with Crippen LogP contribution in [0.15, 0.2) is 5.16 Å². The van der Waals surface area contributed by atoms with Crippen molar-refractivity contribution in [3.8, 4) is 0 Å². The van der Waals surface area contributed by atoms with Crippen LogP contribution in [-0.2, 0) is 0 Å². The lowest BCUT2D eigenvalue weighted by Crippen LogP contribution is -2.34. The van der Waals surface area contributed by atoms with Crippen molar-refractivity contribution in [1.82, 2.24) is 5.32 Å². The van der Waals surface area contributed by atoms with Gasteiger partial charge >= 0.3 is 0 Å². The minimum Gasteiger partial charge on any atom is -0.409 e. The van der Waals surface area contributed by atoms with Gasteiger partial charge in [0.2, 0.25) is 0 Å². The highest BCUT2D eigenvalue weighted by Gasteiger charge is 2.08. The second-order valence-electron chi connectivity index (χ2n) is 3.76. The fourth-order valence-electron chi connectivity index (χ4n) is 0.601. The van der Waals surface area contributed by atoms with Crippen LogP contribution < -0.4 is 11.1 Å². The summed E-state index contributed by atoms with van der Waals surface area (Å²) in [7, 11) is 0. The molecule has 0 aliphatic rings. The number of nitrogens with one attached hydrogen (secondary N) is 1. The van der Waals surface area contributed by atoms with E-state index in [9.17, 15) is 0 Å². The molecule has 0 rings (SSSR count). The summed E-state index contributed by atoms with van der Waals surface area (Å²) in [6, 6.07) is 0. The molecule has 0 amide bonds. The smallest absolute Gasteiger partial charge is 0.153 e. The summed E-state index contributed by atoms with van der Waals surface area (Å²) in [5, 5.41) is 14.1. The topological polar surface area (TPSA) is 70.6 Å². The molecule has 0 heterocycles. The fourth-order valence-corrected chi connectivity index (χ4v) is 0.601. The molecule has 0 fully saturated rings. The number of oxime groups is 1. The molecule has 4 nitrogen and oxygen atoms in total. The van der Waals surface area contributed by atoms with E-state index in [-0.39, 0.29) is 11.3 Å². The van der Waals surface area contributed by atoms with Crippen molar-refractivity contribution in [1.29, 1.82) is 0 Å². The zero-order valence-corrected chi connectivity index (χ0v) is 7.39. The Morgan fingerprint density at radius 3 is 2.45 bits per heavy atom. The van der Waals surface area contributed by atoms with Crippen LogP contribution in [0.3, 0.4) is 0 Å². The van der Waals surface area contributed by atoms with Gasteiger partial charge < -0.3 is 16.3 Å². The number of hydrogen-bond donors (Lipinski definition) is 3. The zero-order valence-electron chi connectivity index (χ0n) is 7.39. The van der Waals surface area contributed by atoms with Crippen molar-refractivity contribution in [3.63, 3.8) is 0 Å². The van der Waals surface area contributed by atoms with Crippen molar-refractivity contribution < 1.29 is 5.21 Å². The second kappa shape index (κ2) is 4.18. The van der Waals surface area contributed by atoms with Gasteiger partial charge in [-0.05, 0) is 5.41 Å². The van der Waals surface area contributed by atoms with E-state index in [0.29, 0.717) is 6.54 Å². The molecule has 0 spiro atoms. The van der Waals surface area contributed by atoms with Crippen LogP contribution in [0, 0.1) is 5.41 Å². The molecule has 0 aromatic rings. The van der Waals surface area contributed by atoms with E-state index >= 15 is 0 Å². The van der Waals surface area contributed by atoms with Crippen LogP contribution in [-0.4, -0.2) is 24.1 Å². The molecule has 0 aliphatic heterocycles. The Labute approximate surface area is 67.5 Å². The van der Waals surface area contributed by atoms with Gasteiger partial charge in [0, 0.05) is 6.54 Å². The summed E-state index contributed by atoms with van der Waals surface area (Å²) in [4.78, 5) is 0. The first-order chi connectivity index (χ1) is 4.95. The highest BCUT2D eigenvalue weighted by atomic mass is 16.4. The molecule has 4 heteroatoms. The largest absolute Gasteiger partial charge is 0.409 e. The summed E-state index contributed by atoms with van der Waals surface area (Å²) in [6.07, 6.45) is 0. The van der Waals surface area contributed by atoms with Gasteiger partial charge in [-0.2, -0.15) is 0 Å². The van der Waals surface area contributed by atoms with Gasteiger partial charge in [-0.1, -0.05) is 25.9 Å². The lowest BCUT2D eigenvalue weighted by molar-refractivity contribution is 0.316. The van der Waals surface area contributed by atoms with Crippen molar-refractivity contribution in [2.24, 2.45) is 16.3 Å². The minimum atomic E-state index is 0.217. The van der Waals surface area contributed by atoms with E-state index in [4.69, 9.17) is 10.9 Å². The Kier molecular flexibility index (Phi) is 3.89. The monoisotopic (exact) mass is 159 g/mol. The van der Waals surface area contributed by atoms with Gasteiger partial charge in [-0.3, -0.25) is 0 Å². The van der Waals surface area contributed by atoms with Crippen LogP contribution in [0.2, 0.25) is 0 Å². The van der Waals surface area contributed by atoms with Crippen molar-refractivity contribution >= 4 is 5.84 Å². The third-order valence-corrected chi connectivity index (χ3v) is 1.09. The first kappa shape index (κ1) is 10.2. The number of nitrogens with two attached hydrogens (primary N) is 1. The van der Waals surface area contributed by atoms with Crippen LogP contribution in [0.1, 0.15) is 20.8 Å². The average Bonchev–Trinajstić information content (AvgIpc) is 1.85. The average molecular weight is 159 g/mol. The molecule has 0 aliphatic carbocycles. The zero-order chi connectivity index (χ0) is 8.91. The maximum absolute atomic E-state index is 8.19. The van der Waals surface area contributed by atoms with E-state index in [1.54, 1.807) is 0 Å². The molecule has 0 saturated carbocycles. The summed E-state index contributed by atoms with van der Waals surface area (Å²) >= 11 is 0. The summed E-state index contributed by atoms with van der Waals surface area (Å²) in [6.45, 7) is 7.64. The predicted octanol–water partition coefficient (Wildman–Crippen LogP) is 0.368. The van der Waals surface area contributed by atoms with E-state index in [0.717, 1.165) is 6.54 Å². The molecular formula is C7H17N3O. The third kappa shape index (κ3) is 7.12. The Morgan fingerprint density at radius 2 is 2.09 bits per heavy atom. The van der Waals surface area contributed by atoms with E-state index in [2.05, 4.69) is 31.2 Å². The van der Waals surface area contributed by atoms with Crippen LogP contribution in [0.25, 0.3) is 0 Å². The standard InChI is InChI=1S/C7H17N3O/c1-7(2,3)5-9-4-6(8)10-11/h9,11H,4-5H2,1-3H3,(H2,8,10). The first-order valence-corrected chi connectivity index (χ1v) is 3.63. The Hall–Kier alpha value is -0.770. The fraction of sp³-hybridized carbons (Fsp3) is 0.857. The Balaban J connectivity index is 3.43. The van der Waals surface area contributed by atoms with Crippen LogP contribution >= 0.6 is 0 Å². The van der Waals surface area contributed by atoms with Crippen molar-refractivity contribution in [2.75, 3.05) is 13.1 Å². The van der Waals surface area contributed by atoms with E-state index < -0.39 is 0 Å². The van der Waals surface area contributed by atoms with Gasteiger partial charge in [0.15, 0.2) is 5.84 Å². The quantitative estimate of drug-likeness (QED) is 0.241. The van der Waals surface area contributed by atoms with Crippen LogP contribution in [0.4, 0.5) is 0 Å². The summed E-state index contributed by atoms with van der Waals surface area (Å²) in [5.74, 6) is 0.217. The van der Waals surface area contributed by atoms with Crippen molar-refractivity contribution in [2.45, 2.75) is 20.8 Å². The van der Waals surface area contributed by atoms with Gasteiger partial charge in [-0.15, -0.1) is 0 Å². The molecule has 0 saturated heterocycles. The van der Waals surface area contributed by atoms with Gasteiger partial charge in [-0.25, -0.2) is 0 Å². The molecule has 4 N–H and O–H groups in total. The summed E-state index contributed by atoms with van der Waals surface area (Å²) in [5.41, 5.74) is 5.47. The normalized spacial score (nSPS) is 13.5. The predicted molar refractivity (Wildman–Crippen MR) is 45.7 cm³/mol. The molecule has 0 bridgehead atoms. The van der Waals surface area contributed by atoms with Crippen LogP contribution in [0.5, 0.6) is 0 Å². The van der Waals surface area contributed by atoms with E-state index in [1.807, 2.05) is 0 Å². The lowest BCUT2D eigenvalue weighted by atomic mass is 9.97. The number of nitrogens with zero attached hydrogens (tertiary/aromatic N) is 1. The van der Waals surface area contributed by atoms with Crippen molar-refractivity contribution in [3.05, 3.63) is 0 Å². The molecule has 66 valence electrons. The lowest BCUT2D eigenvalue weighted by Gasteiger charge is -2.18. The maximum atomic E-state index is 8.19. The number of rotatable bonds is 3. The van der Waals surface area contributed by atoms with E-state index in [1.165, 1.54) is 0 Å². The molecule has 0 radical (unpaired) electrons. The maximum Gasteiger partial charge on any atom is 0.153 e. The molecule has 0 aromatic heterocycles. The minimum absolute atomic E-state index is 0.217. The first-order valence-electron chi connectivity index (χ1n) is 3.63.